The number of halogens is 1. The van der Waals surface area contributed by atoms with Crippen molar-refractivity contribution in [3.63, 3.8) is 0 Å². The molecule has 0 spiro atoms. The zero-order chi connectivity index (χ0) is 10.7. The van der Waals surface area contributed by atoms with Gasteiger partial charge in [0, 0.05) is 6.42 Å². The van der Waals surface area contributed by atoms with E-state index in [1.807, 2.05) is 18.2 Å². The maximum absolute atomic E-state index is 10.2. The Morgan fingerprint density at radius 1 is 1.33 bits per heavy atom. The number of hydrogen-bond acceptors (Lipinski definition) is 3. The molecule has 0 radical (unpaired) electrons. The van der Waals surface area contributed by atoms with Crippen molar-refractivity contribution in [3.8, 4) is 0 Å². The quantitative estimate of drug-likeness (QED) is 0.746. The minimum atomic E-state index is 0.392. The summed E-state index contributed by atoms with van der Waals surface area (Å²) in [5.41, 5.74) is 2.67. The molecule has 0 unspecified atom stereocenters. The lowest BCUT2D eigenvalue weighted by atomic mass is 10.1. The molecule has 0 saturated heterocycles. The second kappa shape index (κ2) is 4.36. The van der Waals surface area contributed by atoms with Gasteiger partial charge in [0.1, 0.15) is 11.4 Å². The highest BCUT2D eigenvalue weighted by Crippen LogP contribution is 2.15. The fraction of sp³-hybridized carbons (Fsp3) is 0.182. The number of nitrogens with zero attached hydrogens (tertiary/aromatic N) is 2. The molecule has 3 nitrogen and oxygen atoms in total. The molecule has 0 aliphatic heterocycles. The number of carbonyl (C=O) groups excluding carboxylic acids is 1. The third-order valence-electron chi connectivity index (χ3n) is 2.13. The first kappa shape index (κ1) is 10.1. The SMILES string of the molecule is O=CCCc1ccc2nc(Cl)cnc2c1. The number of aryl methyl sites for hydroxylation is 1. The molecule has 0 atom stereocenters. The van der Waals surface area contributed by atoms with Crippen molar-refractivity contribution in [3.05, 3.63) is 35.1 Å². The van der Waals surface area contributed by atoms with Crippen molar-refractivity contribution < 1.29 is 4.79 Å². The van der Waals surface area contributed by atoms with E-state index in [1.165, 1.54) is 6.20 Å². The molecular weight excluding hydrogens is 212 g/mol. The van der Waals surface area contributed by atoms with Gasteiger partial charge in [0.15, 0.2) is 0 Å². The molecule has 0 aliphatic rings. The van der Waals surface area contributed by atoms with E-state index in [9.17, 15) is 4.79 Å². The Bertz CT molecular complexity index is 499. The molecule has 76 valence electrons. The van der Waals surface area contributed by atoms with E-state index < -0.39 is 0 Å². The van der Waals surface area contributed by atoms with Crippen molar-refractivity contribution in [1.82, 2.24) is 9.97 Å². The normalized spacial score (nSPS) is 10.5. The number of carbonyl (C=O) groups is 1. The van der Waals surface area contributed by atoms with E-state index in [0.29, 0.717) is 11.6 Å². The molecule has 0 N–H and O–H groups in total. The Hall–Kier alpha value is -1.48. The van der Waals surface area contributed by atoms with Gasteiger partial charge in [-0.25, -0.2) is 4.98 Å². The van der Waals surface area contributed by atoms with Crippen molar-refractivity contribution in [1.29, 1.82) is 0 Å². The second-order valence-corrected chi connectivity index (χ2v) is 3.61. The Balaban J connectivity index is 2.38. The lowest BCUT2D eigenvalue weighted by Crippen LogP contribution is -1.89. The van der Waals surface area contributed by atoms with Gasteiger partial charge in [-0.15, -0.1) is 0 Å². The van der Waals surface area contributed by atoms with Gasteiger partial charge in [0.2, 0.25) is 0 Å². The minimum absolute atomic E-state index is 0.392. The predicted molar refractivity (Wildman–Crippen MR) is 58.9 cm³/mol. The molecule has 0 bridgehead atoms. The molecular formula is C11H9ClN2O. The summed E-state index contributed by atoms with van der Waals surface area (Å²) < 4.78 is 0. The van der Waals surface area contributed by atoms with Crippen molar-refractivity contribution in [2.75, 3.05) is 0 Å². The number of hydrogen-bond donors (Lipinski definition) is 0. The van der Waals surface area contributed by atoms with E-state index in [4.69, 9.17) is 11.6 Å². The highest BCUT2D eigenvalue weighted by atomic mass is 35.5. The Morgan fingerprint density at radius 2 is 2.20 bits per heavy atom. The van der Waals surface area contributed by atoms with Crippen LogP contribution in [0.5, 0.6) is 0 Å². The van der Waals surface area contributed by atoms with Crippen LogP contribution in [0.2, 0.25) is 5.15 Å². The summed E-state index contributed by atoms with van der Waals surface area (Å²) in [7, 11) is 0. The van der Waals surface area contributed by atoms with Gasteiger partial charge in [-0.2, -0.15) is 0 Å². The number of aldehydes is 1. The summed E-state index contributed by atoms with van der Waals surface area (Å²) in [6.45, 7) is 0. The maximum atomic E-state index is 10.2. The van der Waals surface area contributed by atoms with Gasteiger partial charge >= 0.3 is 0 Å². The van der Waals surface area contributed by atoms with E-state index >= 15 is 0 Å². The summed E-state index contributed by atoms with van der Waals surface area (Å²) in [6, 6.07) is 5.74. The molecule has 4 heteroatoms. The topological polar surface area (TPSA) is 42.9 Å². The van der Waals surface area contributed by atoms with E-state index in [0.717, 1.165) is 29.3 Å². The van der Waals surface area contributed by atoms with Gasteiger partial charge < -0.3 is 4.79 Å². The first-order chi connectivity index (χ1) is 7.29. The van der Waals surface area contributed by atoms with Crippen LogP contribution in [0.3, 0.4) is 0 Å². The highest BCUT2D eigenvalue weighted by molar-refractivity contribution is 6.29. The smallest absolute Gasteiger partial charge is 0.148 e. The lowest BCUT2D eigenvalue weighted by Gasteiger charge is -2.00. The fourth-order valence-electron chi connectivity index (χ4n) is 1.41. The third kappa shape index (κ3) is 2.30. The Morgan fingerprint density at radius 3 is 3.00 bits per heavy atom. The van der Waals surface area contributed by atoms with E-state index in [-0.39, 0.29) is 0 Å². The van der Waals surface area contributed by atoms with Crippen molar-refractivity contribution in [2.24, 2.45) is 0 Å². The molecule has 0 aliphatic carbocycles. The molecule has 1 aromatic carbocycles. The maximum Gasteiger partial charge on any atom is 0.148 e. The summed E-state index contributed by atoms with van der Waals surface area (Å²) in [4.78, 5) is 18.5. The fourth-order valence-corrected chi connectivity index (χ4v) is 1.55. The van der Waals surface area contributed by atoms with Gasteiger partial charge in [-0.3, -0.25) is 4.98 Å². The first-order valence-corrected chi connectivity index (χ1v) is 5.02. The van der Waals surface area contributed by atoms with Crippen LogP contribution in [0.4, 0.5) is 0 Å². The summed E-state index contributed by atoms with van der Waals surface area (Å²) in [5, 5.41) is 0.392. The summed E-state index contributed by atoms with van der Waals surface area (Å²) >= 11 is 5.72. The molecule has 0 amide bonds. The molecule has 0 fully saturated rings. The van der Waals surface area contributed by atoms with Crippen LogP contribution in [0.25, 0.3) is 11.0 Å². The van der Waals surface area contributed by atoms with Gasteiger partial charge in [0.05, 0.1) is 17.2 Å². The monoisotopic (exact) mass is 220 g/mol. The van der Waals surface area contributed by atoms with Crippen molar-refractivity contribution in [2.45, 2.75) is 12.8 Å². The van der Waals surface area contributed by atoms with Crippen LogP contribution < -0.4 is 0 Å². The highest BCUT2D eigenvalue weighted by Gasteiger charge is 1.99. The van der Waals surface area contributed by atoms with Crippen LogP contribution in [-0.2, 0) is 11.2 Å². The number of aromatic nitrogens is 2. The van der Waals surface area contributed by atoms with Crippen molar-refractivity contribution >= 4 is 28.9 Å². The number of rotatable bonds is 3. The zero-order valence-electron chi connectivity index (χ0n) is 7.98. The molecule has 15 heavy (non-hydrogen) atoms. The second-order valence-electron chi connectivity index (χ2n) is 3.22. The van der Waals surface area contributed by atoms with Crippen LogP contribution >= 0.6 is 11.6 Å². The van der Waals surface area contributed by atoms with Gasteiger partial charge in [-0.1, -0.05) is 17.7 Å². The standard InChI is InChI=1S/C11H9ClN2O/c12-11-7-13-10-6-8(2-1-5-15)3-4-9(10)14-11/h3-7H,1-2H2. The van der Waals surface area contributed by atoms with Crippen LogP contribution in [0, 0.1) is 0 Å². The number of benzene rings is 1. The largest absolute Gasteiger partial charge is 0.303 e. The van der Waals surface area contributed by atoms with E-state index in [1.54, 1.807) is 0 Å². The summed E-state index contributed by atoms with van der Waals surface area (Å²) in [6.07, 6.45) is 3.71. The average molecular weight is 221 g/mol. The van der Waals surface area contributed by atoms with Crippen LogP contribution in [-0.4, -0.2) is 16.3 Å². The molecule has 1 aromatic heterocycles. The van der Waals surface area contributed by atoms with Crippen LogP contribution in [0.1, 0.15) is 12.0 Å². The zero-order valence-corrected chi connectivity index (χ0v) is 8.74. The van der Waals surface area contributed by atoms with E-state index in [2.05, 4.69) is 9.97 Å². The first-order valence-electron chi connectivity index (χ1n) is 4.64. The Kier molecular flexibility index (Phi) is 2.92. The van der Waals surface area contributed by atoms with Gasteiger partial charge in [-0.05, 0) is 24.1 Å². The molecule has 0 saturated carbocycles. The molecule has 2 aromatic rings. The molecule has 1 heterocycles. The number of fused-ring (bicyclic) bond motifs is 1. The van der Waals surface area contributed by atoms with Gasteiger partial charge in [0.25, 0.3) is 0 Å². The average Bonchev–Trinajstić information content (AvgIpc) is 2.26. The predicted octanol–water partition coefficient (Wildman–Crippen LogP) is 2.41. The minimum Gasteiger partial charge on any atom is -0.303 e. The Labute approximate surface area is 92.1 Å². The summed E-state index contributed by atoms with van der Waals surface area (Å²) in [5.74, 6) is 0. The van der Waals surface area contributed by atoms with Crippen LogP contribution in [0.15, 0.2) is 24.4 Å². The molecule has 2 rings (SSSR count). The third-order valence-corrected chi connectivity index (χ3v) is 2.31. The lowest BCUT2D eigenvalue weighted by molar-refractivity contribution is -0.107.